The van der Waals surface area contributed by atoms with Gasteiger partial charge in [0.15, 0.2) is 0 Å². The maximum atomic E-state index is 10.9. The number of hydrogen-bond acceptors (Lipinski definition) is 4. The summed E-state index contributed by atoms with van der Waals surface area (Å²) in [4.78, 5) is 27.1. The van der Waals surface area contributed by atoms with Crippen LogP contribution in [-0.4, -0.2) is 23.0 Å². The molecule has 0 aliphatic rings. The number of carbonyl (C=O) groups excluding carboxylic acids is 1. The molecule has 1 aromatic heterocycles. The van der Waals surface area contributed by atoms with Gasteiger partial charge in [0.1, 0.15) is 0 Å². The van der Waals surface area contributed by atoms with Crippen LogP contribution in [0.2, 0.25) is 0 Å². The van der Waals surface area contributed by atoms with E-state index in [9.17, 15) is 9.59 Å². The summed E-state index contributed by atoms with van der Waals surface area (Å²) in [6, 6.07) is 1.39. The summed E-state index contributed by atoms with van der Waals surface area (Å²) >= 11 is 0. The van der Waals surface area contributed by atoms with Crippen molar-refractivity contribution in [2.75, 3.05) is 6.61 Å². The van der Waals surface area contributed by atoms with Gasteiger partial charge < -0.3 is 9.72 Å². The molecule has 0 aromatic carbocycles. The first-order valence-corrected chi connectivity index (χ1v) is 3.84. The fourth-order valence-electron chi connectivity index (χ4n) is 0.922. The maximum absolute atomic E-state index is 10.9. The van der Waals surface area contributed by atoms with Crippen molar-refractivity contribution in [1.82, 2.24) is 9.97 Å². The molecule has 0 aliphatic carbocycles. The van der Waals surface area contributed by atoms with Gasteiger partial charge in [0.05, 0.1) is 18.6 Å². The van der Waals surface area contributed by atoms with Gasteiger partial charge in [-0.05, 0) is 0 Å². The van der Waals surface area contributed by atoms with Gasteiger partial charge in [0.25, 0.3) is 12.0 Å². The largest absolute Gasteiger partial charge is 0.467 e. The Morgan fingerprint density at radius 2 is 2.54 bits per heavy atom. The van der Waals surface area contributed by atoms with Crippen LogP contribution in [0.25, 0.3) is 0 Å². The lowest BCUT2D eigenvalue weighted by atomic mass is 10.1. The van der Waals surface area contributed by atoms with Crippen LogP contribution in [-0.2, 0) is 9.53 Å². The van der Waals surface area contributed by atoms with E-state index in [1.54, 1.807) is 0 Å². The molecule has 5 heteroatoms. The highest BCUT2D eigenvalue weighted by molar-refractivity contribution is 5.37. The minimum atomic E-state index is -0.206. The normalized spacial score (nSPS) is 12.1. The summed E-state index contributed by atoms with van der Waals surface area (Å²) in [5, 5.41) is 0. The number of aromatic nitrogens is 2. The zero-order valence-corrected chi connectivity index (χ0v) is 7.19. The molecule has 0 radical (unpaired) electrons. The van der Waals surface area contributed by atoms with Gasteiger partial charge in [-0.15, -0.1) is 0 Å². The second-order valence-electron chi connectivity index (χ2n) is 2.67. The summed E-state index contributed by atoms with van der Waals surface area (Å²) < 4.78 is 4.56. The molecule has 0 aliphatic heterocycles. The monoisotopic (exact) mass is 182 g/mol. The second-order valence-corrected chi connectivity index (χ2v) is 2.67. The molecule has 1 aromatic rings. The molecule has 0 fully saturated rings. The third kappa shape index (κ3) is 2.70. The number of rotatable bonds is 4. The summed E-state index contributed by atoms with van der Waals surface area (Å²) in [5.74, 6) is -0.0625. The van der Waals surface area contributed by atoms with Crippen molar-refractivity contribution in [2.45, 2.75) is 12.8 Å². The Kier molecular flexibility index (Phi) is 3.19. The molecule has 1 unspecified atom stereocenters. The van der Waals surface area contributed by atoms with E-state index in [1.165, 1.54) is 12.4 Å². The minimum Gasteiger partial charge on any atom is -0.467 e. The van der Waals surface area contributed by atoms with E-state index in [0.717, 1.165) is 0 Å². The van der Waals surface area contributed by atoms with Gasteiger partial charge >= 0.3 is 0 Å². The van der Waals surface area contributed by atoms with Crippen LogP contribution >= 0.6 is 0 Å². The van der Waals surface area contributed by atoms with Crippen LogP contribution < -0.4 is 5.56 Å². The van der Waals surface area contributed by atoms with E-state index in [0.29, 0.717) is 12.2 Å². The molecule has 0 saturated carbocycles. The zero-order valence-electron chi connectivity index (χ0n) is 7.19. The Balaban J connectivity index is 2.70. The summed E-state index contributed by atoms with van der Waals surface area (Å²) in [5.41, 5.74) is 0.411. The third-order valence-electron chi connectivity index (χ3n) is 1.62. The average molecular weight is 182 g/mol. The highest BCUT2D eigenvalue weighted by atomic mass is 16.5. The first-order valence-electron chi connectivity index (χ1n) is 3.84. The Hall–Kier alpha value is -1.65. The molecule has 1 N–H and O–H groups in total. The molecule has 1 rings (SSSR count). The Labute approximate surface area is 74.8 Å². The lowest BCUT2D eigenvalue weighted by Gasteiger charge is -2.07. The number of ether oxygens (including phenoxy) is 1. The molecule has 0 spiro atoms. The van der Waals surface area contributed by atoms with Crippen molar-refractivity contribution in [3.63, 3.8) is 0 Å². The molecule has 0 bridgehead atoms. The topological polar surface area (TPSA) is 72.1 Å². The number of aromatic amines is 1. The first-order chi connectivity index (χ1) is 6.24. The highest BCUT2D eigenvalue weighted by Crippen LogP contribution is 2.08. The van der Waals surface area contributed by atoms with Crippen LogP contribution in [0.4, 0.5) is 0 Å². The van der Waals surface area contributed by atoms with Crippen molar-refractivity contribution < 1.29 is 9.53 Å². The van der Waals surface area contributed by atoms with Crippen LogP contribution in [0.15, 0.2) is 17.2 Å². The van der Waals surface area contributed by atoms with Crippen LogP contribution in [0.5, 0.6) is 0 Å². The van der Waals surface area contributed by atoms with Crippen molar-refractivity contribution in [2.24, 2.45) is 0 Å². The van der Waals surface area contributed by atoms with Crippen LogP contribution in [0.3, 0.4) is 0 Å². The molecule has 1 atom stereocenters. The van der Waals surface area contributed by atoms with E-state index >= 15 is 0 Å². The predicted octanol–water partition coefficient (Wildman–Crippen LogP) is 0.0464. The number of nitrogens with zero attached hydrogens (tertiary/aromatic N) is 1. The van der Waals surface area contributed by atoms with Crippen LogP contribution in [0, 0.1) is 0 Å². The van der Waals surface area contributed by atoms with E-state index in [1.807, 2.05) is 6.92 Å². The van der Waals surface area contributed by atoms with Crippen molar-refractivity contribution in [3.05, 3.63) is 28.4 Å². The second kappa shape index (κ2) is 4.39. The minimum absolute atomic E-state index is 0.0625. The molecule has 5 nitrogen and oxygen atoms in total. The number of hydrogen-bond donors (Lipinski definition) is 1. The van der Waals surface area contributed by atoms with Crippen molar-refractivity contribution in [3.8, 4) is 0 Å². The molecule has 0 saturated heterocycles. The summed E-state index contributed by atoms with van der Waals surface area (Å²) in [6.07, 6.45) is 1.33. The van der Waals surface area contributed by atoms with Crippen molar-refractivity contribution >= 4 is 6.47 Å². The number of nitrogens with one attached hydrogen (secondary N) is 1. The van der Waals surface area contributed by atoms with Crippen LogP contribution in [0.1, 0.15) is 18.5 Å². The Morgan fingerprint density at radius 3 is 3.15 bits per heavy atom. The molecular weight excluding hydrogens is 172 g/mol. The van der Waals surface area contributed by atoms with E-state index < -0.39 is 0 Å². The SMILES string of the molecule is CC(COC=O)c1cc(=O)[nH]cn1. The van der Waals surface area contributed by atoms with Gasteiger partial charge in [-0.1, -0.05) is 6.92 Å². The van der Waals surface area contributed by atoms with Crippen molar-refractivity contribution in [1.29, 1.82) is 0 Å². The predicted molar refractivity (Wildman–Crippen MR) is 45.3 cm³/mol. The van der Waals surface area contributed by atoms with E-state index in [2.05, 4.69) is 14.7 Å². The lowest BCUT2D eigenvalue weighted by Crippen LogP contribution is -2.11. The number of carbonyl (C=O) groups is 1. The molecule has 70 valence electrons. The summed E-state index contributed by atoms with van der Waals surface area (Å²) in [6.45, 7) is 2.44. The van der Waals surface area contributed by atoms with E-state index in [4.69, 9.17) is 0 Å². The van der Waals surface area contributed by atoms with Gasteiger partial charge in [-0.25, -0.2) is 4.98 Å². The van der Waals surface area contributed by atoms with Gasteiger partial charge in [-0.2, -0.15) is 0 Å². The maximum Gasteiger partial charge on any atom is 0.293 e. The Bertz CT molecular complexity index is 334. The Morgan fingerprint density at radius 1 is 1.77 bits per heavy atom. The molecule has 1 heterocycles. The standard InChI is InChI=1S/C8H10N2O3/c1-6(3-13-5-11)7-2-8(12)10-4-9-7/h2,4-6H,3H2,1H3,(H,9,10,12). The quantitative estimate of drug-likeness (QED) is 0.667. The fourth-order valence-corrected chi connectivity index (χ4v) is 0.922. The zero-order chi connectivity index (χ0) is 9.68. The number of H-pyrrole nitrogens is 1. The molecular formula is C8H10N2O3. The third-order valence-corrected chi connectivity index (χ3v) is 1.62. The molecule has 0 amide bonds. The van der Waals surface area contributed by atoms with Gasteiger partial charge in [0, 0.05) is 12.0 Å². The molecule has 13 heavy (non-hydrogen) atoms. The highest BCUT2D eigenvalue weighted by Gasteiger charge is 2.07. The fraction of sp³-hybridized carbons (Fsp3) is 0.375. The van der Waals surface area contributed by atoms with Gasteiger partial charge in [0.2, 0.25) is 0 Å². The van der Waals surface area contributed by atoms with E-state index in [-0.39, 0.29) is 18.1 Å². The van der Waals surface area contributed by atoms with Gasteiger partial charge in [-0.3, -0.25) is 9.59 Å². The smallest absolute Gasteiger partial charge is 0.293 e. The summed E-state index contributed by atoms with van der Waals surface area (Å²) in [7, 11) is 0. The first kappa shape index (κ1) is 9.44. The lowest BCUT2D eigenvalue weighted by molar-refractivity contribution is -0.129. The average Bonchev–Trinajstić information content (AvgIpc) is 2.14.